The molecular weight excluding hydrogens is 197 g/mol. The minimum Gasteiger partial charge on any atom is -0.207 e. The van der Waals surface area contributed by atoms with Crippen LogP contribution in [0.5, 0.6) is 0 Å². The Kier molecular flexibility index (Phi) is 2.24. The Bertz CT molecular complexity index is 404. The van der Waals surface area contributed by atoms with E-state index in [0.29, 0.717) is 5.56 Å². The van der Waals surface area contributed by atoms with E-state index in [1.54, 1.807) is 6.07 Å². The van der Waals surface area contributed by atoms with E-state index in [1.165, 1.54) is 17.8 Å². The molecule has 1 saturated carbocycles. The van der Waals surface area contributed by atoms with Gasteiger partial charge in [0.15, 0.2) is 0 Å². The van der Waals surface area contributed by atoms with Gasteiger partial charge < -0.3 is 0 Å². The molecule has 72 valence electrons. The van der Waals surface area contributed by atoms with Gasteiger partial charge in [-0.3, -0.25) is 0 Å². The van der Waals surface area contributed by atoms with Crippen LogP contribution < -0.4 is 0 Å². The van der Waals surface area contributed by atoms with Gasteiger partial charge in [-0.1, -0.05) is 6.07 Å². The fraction of sp³-hybridized carbons (Fsp3) is 0.364. The molecule has 1 aliphatic carbocycles. The van der Waals surface area contributed by atoms with Gasteiger partial charge in [0, 0.05) is 10.5 Å². The SMILES string of the molecule is CSc1ccc(C2(C#N)CC2)c(F)c1. The van der Waals surface area contributed by atoms with E-state index < -0.39 is 5.41 Å². The molecule has 1 fully saturated rings. The molecule has 0 radical (unpaired) electrons. The van der Waals surface area contributed by atoms with Gasteiger partial charge in [-0.15, -0.1) is 11.8 Å². The Morgan fingerprint density at radius 1 is 1.50 bits per heavy atom. The van der Waals surface area contributed by atoms with Gasteiger partial charge in [0.05, 0.1) is 11.5 Å². The normalized spacial score (nSPS) is 17.5. The Labute approximate surface area is 86.9 Å². The minimum absolute atomic E-state index is 0.240. The number of benzene rings is 1. The highest BCUT2D eigenvalue weighted by atomic mass is 32.2. The Morgan fingerprint density at radius 3 is 2.64 bits per heavy atom. The highest BCUT2D eigenvalue weighted by molar-refractivity contribution is 7.98. The van der Waals surface area contributed by atoms with Crippen LogP contribution in [0, 0.1) is 17.1 Å². The summed E-state index contributed by atoms with van der Waals surface area (Å²) in [5, 5.41) is 8.94. The van der Waals surface area contributed by atoms with E-state index in [9.17, 15) is 4.39 Å². The van der Waals surface area contributed by atoms with Crippen molar-refractivity contribution >= 4 is 11.8 Å². The molecule has 0 heterocycles. The molecule has 0 aliphatic heterocycles. The lowest BCUT2D eigenvalue weighted by Crippen LogP contribution is -2.05. The fourth-order valence-electron chi connectivity index (χ4n) is 1.58. The maximum atomic E-state index is 13.6. The molecule has 0 unspecified atom stereocenters. The summed E-state index contributed by atoms with van der Waals surface area (Å²) in [5.41, 5.74) is 0.0545. The number of halogens is 1. The molecule has 1 aromatic rings. The third kappa shape index (κ3) is 1.40. The lowest BCUT2D eigenvalue weighted by molar-refractivity contribution is 0.596. The molecule has 0 N–H and O–H groups in total. The first-order valence-corrected chi connectivity index (χ1v) is 5.69. The van der Waals surface area contributed by atoms with Crippen LogP contribution in [0.1, 0.15) is 18.4 Å². The average Bonchev–Trinajstić information content (AvgIpc) is 2.98. The van der Waals surface area contributed by atoms with Crippen LogP contribution in [-0.4, -0.2) is 6.26 Å². The van der Waals surface area contributed by atoms with Crippen molar-refractivity contribution in [3.8, 4) is 6.07 Å². The molecule has 1 aliphatic rings. The van der Waals surface area contributed by atoms with Crippen LogP contribution in [-0.2, 0) is 5.41 Å². The number of thioether (sulfide) groups is 1. The first-order chi connectivity index (χ1) is 6.72. The Morgan fingerprint density at radius 2 is 2.21 bits per heavy atom. The second-order valence-electron chi connectivity index (χ2n) is 3.54. The predicted molar refractivity (Wildman–Crippen MR) is 54.7 cm³/mol. The second-order valence-corrected chi connectivity index (χ2v) is 4.42. The van der Waals surface area contributed by atoms with Crippen molar-refractivity contribution in [2.24, 2.45) is 0 Å². The largest absolute Gasteiger partial charge is 0.207 e. The molecule has 0 aromatic heterocycles. The number of nitriles is 1. The van der Waals surface area contributed by atoms with Crippen molar-refractivity contribution in [2.75, 3.05) is 6.26 Å². The molecule has 0 spiro atoms. The number of nitrogens with zero attached hydrogens (tertiary/aromatic N) is 1. The van der Waals surface area contributed by atoms with Crippen molar-refractivity contribution in [2.45, 2.75) is 23.2 Å². The number of hydrogen-bond acceptors (Lipinski definition) is 2. The molecule has 14 heavy (non-hydrogen) atoms. The Balaban J connectivity index is 2.42. The van der Waals surface area contributed by atoms with Crippen molar-refractivity contribution in [3.05, 3.63) is 29.6 Å². The number of hydrogen-bond donors (Lipinski definition) is 0. The van der Waals surface area contributed by atoms with E-state index in [2.05, 4.69) is 6.07 Å². The maximum absolute atomic E-state index is 13.6. The van der Waals surface area contributed by atoms with E-state index in [0.717, 1.165) is 17.7 Å². The molecule has 1 nitrogen and oxygen atoms in total. The molecule has 2 rings (SSSR count). The highest BCUT2D eigenvalue weighted by Gasteiger charge is 2.46. The second kappa shape index (κ2) is 3.29. The first-order valence-electron chi connectivity index (χ1n) is 4.47. The zero-order valence-corrected chi connectivity index (χ0v) is 8.70. The fourth-order valence-corrected chi connectivity index (χ4v) is 2.00. The monoisotopic (exact) mass is 207 g/mol. The van der Waals surface area contributed by atoms with Crippen LogP contribution >= 0.6 is 11.8 Å². The van der Waals surface area contributed by atoms with Crippen molar-refractivity contribution < 1.29 is 4.39 Å². The third-order valence-corrected chi connectivity index (χ3v) is 3.38. The molecule has 0 atom stereocenters. The van der Waals surface area contributed by atoms with Crippen molar-refractivity contribution in [1.82, 2.24) is 0 Å². The van der Waals surface area contributed by atoms with Gasteiger partial charge in [0.25, 0.3) is 0 Å². The van der Waals surface area contributed by atoms with Crippen LogP contribution in [0.4, 0.5) is 4.39 Å². The van der Waals surface area contributed by atoms with Crippen molar-refractivity contribution in [1.29, 1.82) is 5.26 Å². The molecule has 0 saturated heterocycles. The smallest absolute Gasteiger partial charge is 0.129 e. The van der Waals surface area contributed by atoms with E-state index in [-0.39, 0.29) is 5.82 Å². The quantitative estimate of drug-likeness (QED) is 0.696. The van der Waals surface area contributed by atoms with Gasteiger partial charge in [-0.25, -0.2) is 4.39 Å². The molecule has 0 bridgehead atoms. The summed E-state index contributed by atoms with van der Waals surface area (Å²) in [7, 11) is 0. The molecule has 0 amide bonds. The molecular formula is C11H10FNS. The van der Waals surface area contributed by atoms with Gasteiger partial charge in [0.1, 0.15) is 5.82 Å². The summed E-state index contributed by atoms with van der Waals surface area (Å²) in [6.45, 7) is 0. The summed E-state index contributed by atoms with van der Waals surface area (Å²) in [6, 6.07) is 7.33. The van der Waals surface area contributed by atoms with Gasteiger partial charge in [-0.05, 0) is 31.2 Å². The van der Waals surface area contributed by atoms with Crippen LogP contribution in [0.15, 0.2) is 23.1 Å². The summed E-state index contributed by atoms with van der Waals surface area (Å²) < 4.78 is 13.6. The van der Waals surface area contributed by atoms with Gasteiger partial charge in [0.2, 0.25) is 0 Å². The standard InChI is InChI=1S/C11H10FNS/c1-14-8-2-3-9(10(12)6-8)11(7-13)4-5-11/h2-3,6H,4-5H2,1H3. The minimum atomic E-state index is -0.513. The lowest BCUT2D eigenvalue weighted by Gasteiger charge is -2.08. The summed E-state index contributed by atoms with van der Waals surface area (Å²) in [5.74, 6) is -0.240. The third-order valence-electron chi connectivity index (χ3n) is 2.66. The maximum Gasteiger partial charge on any atom is 0.129 e. The zero-order valence-electron chi connectivity index (χ0n) is 7.88. The number of rotatable bonds is 2. The average molecular weight is 207 g/mol. The first kappa shape index (κ1) is 9.54. The molecule has 1 aromatic carbocycles. The summed E-state index contributed by atoms with van der Waals surface area (Å²) in [4.78, 5) is 0.903. The zero-order chi connectivity index (χ0) is 10.2. The van der Waals surface area contributed by atoms with Crippen molar-refractivity contribution in [3.63, 3.8) is 0 Å². The topological polar surface area (TPSA) is 23.8 Å². The Hall–Kier alpha value is -1.01. The van der Waals surface area contributed by atoms with E-state index in [4.69, 9.17) is 5.26 Å². The van der Waals surface area contributed by atoms with Crippen LogP contribution in [0.3, 0.4) is 0 Å². The predicted octanol–water partition coefficient (Wildman–Crippen LogP) is 3.10. The van der Waals surface area contributed by atoms with Crippen LogP contribution in [0.2, 0.25) is 0 Å². The highest BCUT2D eigenvalue weighted by Crippen LogP contribution is 2.48. The van der Waals surface area contributed by atoms with Gasteiger partial charge in [-0.2, -0.15) is 5.26 Å². The van der Waals surface area contributed by atoms with Gasteiger partial charge >= 0.3 is 0 Å². The van der Waals surface area contributed by atoms with E-state index >= 15 is 0 Å². The summed E-state index contributed by atoms with van der Waals surface area (Å²) in [6.07, 6.45) is 3.49. The summed E-state index contributed by atoms with van der Waals surface area (Å²) >= 11 is 1.51. The lowest BCUT2D eigenvalue weighted by atomic mass is 9.97. The molecule has 3 heteroatoms. The van der Waals surface area contributed by atoms with E-state index in [1.807, 2.05) is 12.3 Å². The van der Waals surface area contributed by atoms with Crippen LogP contribution in [0.25, 0.3) is 0 Å².